The summed E-state index contributed by atoms with van der Waals surface area (Å²) < 4.78 is 13.8. The van der Waals surface area contributed by atoms with Crippen LogP contribution in [0.1, 0.15) is 18.1 Å². The first-order valence-electron chi connectivity index (χ1n) is 6.06. The molecule has 0 amide bonds. The Hall–Kier alpha value is -1.94. The van der Waals surface area contributed by atoms with Crippen molar-refractivity contribution in [3.05, 3.63) is 59.4 Å². The summed E-state index contributed by atoms with van der Waals surface area (Å²) in [5.41, 5.74) is 8.54. The summed E-state index contributed by atoms with van der Waals surface area (Å²) >= 11 is 4.78. The van der Waals surface area contributed by atoms with Gasteiger partial charge in [0, 0.05) is 16.9 Å². The maximum Gasteiger partial charge on any atom is 0.135 e. The molecule has 0 spiro atoms. The van der Waals surface area contributed by atoms with Crippen LogP contribution in [0.3, 0.4) is 0 Å². The number of hydrogen-bond acceptors (Lipinski definition) is 2. The molecule has 19 heavy (non-hydrogen) atoms. The zero-order valence-corrected chi connectivity index (χ0v) is 11.4. The SMILES string of the molecule is CCc1ccccc1Nc1ccc(C(N)=S)c(F)c1. The summed E-state index contributed by atoms with van der Waals surface area (Å²) in [5.74, 6) is -0.411. The summed E-state index contributed by atoms with van der Waals surface area (Å²) in [5, 5.41) is 3.21. The maximum absolute atomic E-state index is 13.8. The summed E-state index contributed by atoms with van der Waals surface area (Å²) in [7, 11) is 0. The number of benzene rings is 2. The second-order valence-corrected chi connectivity index (χ2v) is 4.63. The number of nitrogens with two attached hydrogens (primary N) is 1. The van der Waals surface area contributed by atoms with Crippen molar-refractivity contribution in [2.45, 2.75) is 13.3 Å². The first-order chi connectivity index (χ1) is 9.11. The van der Waals surface area contributed by atoms with Gasteiger partial charge in [-0.1, -0.05) is 37.3 Å². The number of rotatable bonds is 4. The van der Waals surface area contributed by atoms with Crippen molar-refractivity contribution in [2.24, 2.45) is 5.73 Å². The minimum atomic E-state index is -0.411. The Morgan fingerprint density at radius 3 is 2.63 bits per heavy atom. The van der Waals surface area contributed by atoms with E-state index in [1.807, 2.05) is 24.3 Å². The fourth-order valence-electron chi connectivity index (χ4n) is 1.90. The standard InChI is InChI=1S/C15H15FN2S/c1-2-10-5-3-4-6-14(10)18-11-7-8-12(15(17)19)13(16)9-11/h3-9,18H,2H2,1H3,(H2,17,19). The molecule has 0 heterocycles. The molecule has 0 bridgehead atoms. The fraction of sp³-hybridized carbons (Fsp3) is 0.133. The molecule has 0 atom stereocenters. The third kappa shape index (κ3) is 3.09. The highest BCUT2D eigenvalue weighted by molar-refractivity contribution is 7.80. The summed E-state index contributed by atoms with van der Waals surface area (Å²) in [6.45, 7) is 2.08. The number of hydrogen-bond donors (Lipinski definition) is 2. The zero-order valence-electron chi connectivity index (χ0n) is 10.6. The van der Waals surface area contributed by atoms with E-state index in [1.165, 1.54) is 11.6 Å². The van der Waals surface area contributed by atoms with E-state index >= 15 is 0 Å². The molecule has 0 aliphatic heterocycles. The van der Waals surface area contributed by atoms with Crippen molar-refractivity contribution in [1.82, 2.24) is 0 Å². The fourth-order valence-corrected chi connectivity index (χ4v) is 2.06. The number of aryl methyl sites for hydroxylation is 1. The molecule has 2 rings (SSSR count). The lowest BCUT2D eigenvalue weighted by molar-refractivity contribution is 0.626. The minimum Gasteiger partial charge on any atom is -0.389 e. The summed E-state index contributed by atoms with van der Waals surface area (Å²) in [6, 6.07) is 12.7. The van der Waals surface area contributed by atoms with Gasteiger partial charge in [-0.2, -0.15) is 0 Å². The van der Waals surface area contributed by atoms with Gasteiger partial charge >= 0.3 is 0 Å². The van der Waals surface area contributed by atoms with Crippen molar-refractivity contribution in [3.63, 3.8) is 0 Å². The maximum atomic E-state index is 13.8. The molecule has 0 fully saturated rings. The van der Waals surface area contributed by atoms with Crippen LogP contribution in [-0.2, 0) is 6.42 Å². The Balaban J connectivity index is 2.29. The molecule has 2 aromatic carbocycles. The third-order valence-electron chi connectivity index (χ3n) is 2.91. The number of thiocarbonyl (C=S) groups is 1. The second-order valence-electron chi connectivity index (χ2n) is 4.19. The van der Waals surface area contributed by atoms with E-state index in [-0.39, 0.29) is 10.6 Å². The van der Waals surface area contributed by atoms with Crippen LogP contribution < -0.4 is 11.1 Å². The van der Waals surface area contributed by atoms with Gasteiger partial charge < -0.3 is 11.1 Å². The lowest BCUT2D eigenvalue weighted by atomic mass is 10.1. The molecular weight excluding hydrogens is 259 g/mol. The van der Waals surface area contributed by atoms with E-state index < -0.39 is 5.82 Å². The van der Waals surface area contributed by atoms with Crippen molar-refractivity contribution in [3.8, 4) is 0 Å². The van der Waals surface area contributed by atoms with Crippen LogP contribution in [0.5, 0.6) is 0 Å². The molecule has 4 heteroatoms. The van der Waals surface area contributed by atoms with Crippen molar-refractivity contribution < 1.29 is 4.39 Å². The summed E-state index contributed by atoms with van der Waals surface area (Å²) in [6.07, 6.45) is 0.913. The number of halogens is 1. The van der Waals surface area contributed by atoms with Crippen LogP contribution >= 0.6 is 12.2 Å². The molecule has 0 unspecified atom stereocenters. The van der Waals surface area contributed by atoms with Gasteiger partial charge in [-0.3, -0.25) is 0 Å². The van der Waals surface area contributed by atoms with Crippen molar-refractivity contribution in [2.75, 3.05) is 5.32 Å². The van der Waals surface area contributed by atoms with Gasteiger partial charge in [-0.15, -0.1) is 0 Å². The lowest BCUT2D eigenvalue weighted by Crippen LogP contribution is -2.11. The monoisotopic (exact) mass is 274 g/mol. The number of nitrogens with one attached hydrogen (secondary N) is 1. The topological polar surface area (TPSA) is 38.0 Å². The molecule has 0 aliphatic carbocycles. The van der Waals surface area contributed by atoms with Crippen LogP contribution in [0.2, 0.25) is 0 Å². The molecule has 0 saturated carbocycles. The van der Waals surface area contributed by atoms with Crippen molar-refractivity contribution in [1.29, 1.82) is 0 Å². The van der Waals surface area contributed by atoms with Gasteiger partial charge in [0.15, 0.2) is 0 Å². The van der Waals surface area contributed by atoms with Crippen LogP contribution in [0.25, 0.3) is 0 Å². The van der Waals surface area contributed by atoms with Gasteiger partial charge in [0.1, 0.15) is 10.8 Å². The lowest BCUT2D eigenvalue weighted by Gasteiger charge is -2.11. The predicted octanol–water partition coefficient (Wildman–Crippen LogP) is 3.77. The highest BCUT2D eigenvalue weighted by Gasteiger charge is 2.07. The molecule has 0 radical (unpaired) electrons. The third-order valence-corrected chi connectivity index (χ3v) is 3.13. The second kappa shape index (κ2) is 5.80. The van der Waals surface area contributed by atoms with E-state index in [0.29, 0.717) is 5.69 Å². The van der Waals surface area contributed by atoms with Crippen LogP contribution in [0.4, 0.5) is 15.8 Å². The Morgan fingerprint density at radius 1 is 1.26 bits per heavy atom. The first kappa shape index (κ1) is 13.5. The van der Waals surface area contributed by atoms with Crippen molar-refractivity contribution >= 4 is 28.6 Å². The van der Waals surface area contributed by atoms with E-state index in [4.69, 9.17) is 18.0 Å². The average molecular weight is 274 g/mol. The van der Waals surface area contributed by atoms with E-state index in [1.54, 1.807) is 12.1 Å². The van der Waals surface area contributed by atoms with Gasteiger partial charge in [-0.05, 0) is 36.2 Å². The van der Waals surface area contributed by atoms with Gasteiger partial charge in [-0.25, -0.2) is 4.39 Å². The molecule has 0 aliphatic rings. The Labute approximate surface area is 117 Å². The molecule has 2 nitrogen and oxygen atoms in total. The normalized spacial score (nSPS) is 10.2. The Bertz CT molecular complexity index is 611. The largest absolute Gasteiger partial charge is 0.389 e. The van der Waals surface area contributed by atoms with Gasteiger partial charge in [0.25, 0.3) is 0 Å². The average Bonchev–Trinajstić information content (AvgIpc) is 2.39. The van der Waals surface area contributed by atoms with Crippen LogP contribution in [-0.4, -0.2) is 4.99 Å². The van der Waals surface area contributed by atoms with E-state index in [9.17, 15) is 4.39 Å². The molecule has 0 saturated heterocycles. The van der Waals surface area contributed by atoms with Crippen LogP contribution in [0.15, 0.2) is 42.5 Å². The first-order valence-corrected chi connectivity index (χ1v) is 6.47. The van der Waals surface area contributed by atoms with Gasteiger partial charge in [0.05, 0.1) is 0 Å². The van der Waals surface area contributed by atoms with Crippen LogP contribution in [0, 0.1) is 5.82 Å². The highest BCUT2D eigenvalue weighted by Crippen LogP contribution is 2.23. The Kier molecular flexibility index (Phi) is 4.12. The van der Waals surface area contributed by atoms with E-state index in [2.05, 4.69) is 12.2 Å². The van der Waals surface area contributed by atoms with E-state index in [0.717, 1.165) is 12.1 Å². The van der Waals surface area contributed by atoms with Gasteiger partial charge in [0.2, 0.25) is 0 Å². The molecule has 0 aromatic heterocycles. The quantitative estimate of drug-likeness (QED) is 0.834. The molecule has 98 valence electrons. The predicted molar refractivity (Wildman–Crippen MR) is 81.4 cm³/mol. The Morgan fingerprint density at radius 2 is 2.00 bits per heavy atom. The minimum absolute atomic E-state index is 0.0676. The molecule has 2 aromatic rings. The zero-order chi connectivity index (χ0) is 13.8. The number of anilines is 2. The number of para-hydroxylation sites is 1. The molecular formula is C15H15FN2S. The smallest absolute Gasteiger partial charge is 0.135 e. The molecule has 3 N–H and O–H groups in total. The highest BCUT2D eigenvalue weighted by atomic mass is 32.1. The summed E-state index contributed by atoms with van der Waals surface area (Å²) in [4.78, 5) is 0.0676.